The van der Waals surface area contributed by atoms with Gasteiger partial charge in [0.1, 0.15) is 4.47 Å². The molecule has 0 radical (unpaired) electrons. The third-order valence-electron chi connectivity index (χ3n) is 4.76. The largest absolute Gasteiger partial charge is 0.369 e. The number of halogens is 1. The highest BCUT2D eigenvalue weighted by Crippen LogP contribution is 2.31. The van der Waals surface area contributed by atoms with Crippen LogP contribution in [0.4, 0.5) is 5.69 Å². The van der Waals surface area contributed by atoms with E-state index in [0.29, 0.717) is 22.5 Å². The maximum atomic E-state index is 12.4. The normalized spacial score (nSPS) is 25.9. The lowest BCUT2D eigenvalue weighted by molar-refractivity contribution is 0.384. The molecule has 0 spiro atoms. The molecule has 2 N–H and O–H groups in total. The number of nitrogens with zero attached hydrogens (tertiary/aromatic N) is 3. The molecule has 1 aromatic heterocycles. The summed E-state index contributed by atoms with van der Waals surface area (Å²) in [6.45, 7) is 0.750. The zero-order valence-electron chi connectivity index (χ0n) is 12.5. The summed E-state index contributed by atoms with van der Waals surface area (Å²) in [5.74, 6) is 0.644. The number of rotatable bonds is 4. The fourth-order valence-corrected chi connectivity index (χ4v) is 3.65. The molecule has 2 fully saturated rings. The molecule has 2 aliphatic rings. The van der Waals surface area contributed by atoms with Gasteiger partial charge >= 0.3 is 0 Å². The highest BCUT2D eigenvalue weighted by molar-refractivity contribution is 9.10. The van der Waals surface area contributed by atoms with Crippen LogP contribution in [-0.2, 0) is 6.54 Å². The summed E-state index contributed by atoms with van der Waals surface area (Å²) in [4.78, 5) is 14.6. The fraction of sp³-hybridized carbons (Fsp3) is 0.733. The molecule has 0 amide bonds. The summed E-state index contributed by atoms with van der Waals surface area (Å²) in [5, 5.41) is 4.36. The third kappa shape index (κ3) is 3.31. The molecule has 1 aromatic rings. The molecule has 2 aliphatic carbocycles. The van der Waals surface area contributed by atoms with Gasteiger partial charge in [0.25, 0.3) is 5.56 Å². The van der Waals surface area contributed by atoms with E-state index < -0.39 is 0 Å². The Kier molecular flexibility index (Phi) is 4.36. The summed E-state index contributed by atoms with van der Waals surface area (Å²) in [5.41, 5.74) is 6.85. The maximum Gasteiger partial charge on any atom is 0.283 e. The molecule has 0 saturated heterocycles. The SMILES string of the molecule is CN(c1cnn(CC2CC2)c(=O)c1Br)C1CCC(N)CC1. The van der Waals surface area contributed by atoms with E-state index in [0.717, 1.165) is 37.9 Å². The molecule has 0 atom stereocenters. The van der Waals surface area contributed by atoms with Crippen molar-refractivity contribution in [3.63, 3.8) is 0 Å². The van der Waals surface area contributed by atoms with E-state index in [1.807, 2.05) is 13.2 Å². The van der Waals surface area contributed by atoms with Gasteiger partial charge in [-0.25, -0.2) is 4.68 Å². The first-order valence-corrected chi connectivity index (χ1v) is 8.59. The van der Waals surface area contributed by atoms with Gasteiger partial charge in [0, 0.05) is 25.7 Å². The molecule has 0 aliphatic heterocycles. The smallest absolute Gasteiger partial charge is 0.283 e. The zero-order chi connectivity index (χ0) is 15.0. The van der Waals surface area contributed by atoms with Crippen LogP contribution in [0.1, 0.15) is 38.5 Å². The van der Waals surface area contributed by atoms with E-state index >= 15 is 0 Å². The Morgan fingerprint density at radius 1 is 1.33 bits per heavy atom. The maximum absolute atomic E-state index is 12.4. The second-order valence-corrected chi connectivity index (χ2v) is 7.25. The molecular weight excluding hydrogens is 332 g/mol. The van der Waals surface area contributed by atoms with Crippen molar-refractivity contribution in [2.24, 2.45) is 11.7 Å². The van der Waals surface area contributed by atoms with Gasteiger partial charge in [-0.1, -0.05) is 0 Å². The van der Waals surface area contributed by atoms with Crippen LogP contribution < -0.4 is 16.2 Å². The van der Waals surface area contributed by atoms with Crippen LogP contribution in [0.3, 0.4) is 0 Å². The summed E-state index contributed by atoms with van der Waals surface area (Å²) >= 11 is 3.48. The van der Waals surface area contributed by atoms with Crippen molar-refractivity contribution in [1.82, 2.24) is 9.78 Å². The van der Waals surface area contributed by atoms with Crippen molar-refractivity contribution in [1.29, 1.82) is 0 Å². The third-order valence-corrected chi connectivity index (χ3v) is 5.51. The molecule has 6 heteroatoms. The average Bonchev–Trinajstić information content (AvgIpc) is 3.28. The Labute approximate surface area is 133 Å². The quantitative estimate of drug-likeness (QED) is 0.899. The molecule has 5 nitrogen and oxygen atoms in total. The minimum atomic E-state index is -0.0150. The van der Waals surface area contributed by atoms with E-state index in [1.165, 1.54) is 12.8 Å². The fourth-order valence-electron chi connectivity index (χ4n) is 3.06. The van der Waals surface area contributed by atoms with Gasteiger partial charge < -0.3 is 10.6 Å². The zero-order valence-corrected chi connectivity index (χ0v) is 14.1. The second-order valence-electron chi connectivity index (χ2n) is 6.45. The van der Waals surface area contributed by atoms with E-state index in [1.54, 1.807) is 4.68 Å². The Morgan fingerprint density at radius 2 is 2.00 bits per heavy atom. The van der Waals surface area contributed by atoms with Crippen LogP contribution in [0, 0.1) is 5.92 Å². The molecule has 0 aromatic carbocycles. The first kappa shape index (κ1) is 15.0. The van der Waals surface area contributed by atoms with Crippen LogP contribution in [0.15, 0.2) is 15.5 Å². The van der Waals surface area contributed by atoms with E-state index in [-0.39, 0.29) is 5.56 Å². The number of aromatic nitrogens is 2. The highest BCUT2D eigenvalue weighted by atomic mass is 79.9. The van der Waals surface area contributed by atoms with Crippen LogP contribution in [0.5, 0.6) is 0 Å². The first-order chi connectivity index (χ1) is 10.1. The molecule has 1 heterocycles. The molecule has 116 valence electrons. The first-order valence-electron chi connectivity index (χ1n) is 7.80. The van der Waals surface area contributed by atoms with Crippen LogP contribution in [-0.4, -0.2) is 28.9 Å². The standard InChI is InChI=1S/C15H23BrN4O/c1-19(12-6-4-11(17)5-7-12)13-8-18-20(9-10-2-3-10)15(21)14(13)16/h8,10-12H,2-7,9,17H2,1H3. The molecule has 21 heavy (non-hydrogen) atoms. The molecule has 0 bridgehead atoms. The molecular formula is C15H23BrN4O. The van der Waals surface area contributed by atoms with Gasteiger partial charge in [0.15, 0.2) is 0 Å². The molecule has 3 rings (SSSR count). The van der Waals surface area contributed by atoms with Crippen LogP contribution in [0.2, 0.25) is 0 Å². The lowest BCUT2D eigenvalue weighted by atomic mass is 9.91. The lowest BCUT2D eigenvalue weighted by Crippen LogP contribution is -2.40. The van der Waals surface area contributed by atoms with Crippen molar-refractivity contribution in [2.45, 2.75) is 57.2 Å². The summed E-state index contributed by atoms with van der Waals surface area (Å²) in [6, 6.07) is 0.782. The van der Waals surface area contributed by atoms with Crippen molar-refractivity contribution in [3.8, 4) is 0 Å². The summed E-state index contributed by atoms with van der Waals surface area (Å²) in [6.07, 6.45) is 8.52. The van der Waals surface area contributed by atoms with Gasteiger partial charge in [0.05, 0.1) is 11.9 Å². The van der Waals surface area contributed by atoms with Gasteiger partial charge in [-0.2, -0.15) is 5.10 Å². The van der Waals surface area contributed by atoms with Gasteiger partial charge in [0.2, 0.25) is 0 Å². The van der Waals surface area contributed by atoms with Crippen LogP contribution >= 0.6 is 15.9 Å². The van der Waals surface area contributed by atoms with Crippen molar-refractivity contribution >= 4 is 21.6 Å². The Bertz CT molecular complexity index is 561. The van der Waals surface area contributed by atoms with Gasteiger partial charge in [-0.3, -0.25) is 4.79 Å². The second kappa shape index (κ2) is 6.08. The van der Waals surface area contributed by atoms with Crippen molar-refractivity contribution in [3.05, 3.63) is 21.0 Å². The Hall–Kier alpha value is -0.880. The monoisotopic (exact) mass is 354 g/mol. The predicted molar refractivity (Wildman–Crippen MR) is 87.6 cm³/mol. The van der Waals surface area contributed by atoms with Crippen LogP contribution in [0.25, 0.3) is 0 Å². The summed E-state index contributed by atoms with van der Waals surface area (Å²) in [7, 11) is 2.05. The number of hydrogen-bond acceptors (Lipinski definition) is 4. The van der Waals surface area contributed by atoms with Crippen molar-refractivity contribution in [2.75, 3.05) is 11.9 Å². The van der Waals surface area contributed by atoms with E-state index in [9.17, 15) is 4.79 Å². The minimum Gasteiger partial charge on any atom is -0.369 e. The topological polar surface area (TPSA) is 64.2 Å². The lowest BCUT2D eigenvalue weighted by Gasteiger charge is -2.35. The van der Waals surface area contributed by atoms with Gasteiger partial charge in [-0.15, -0.1) is 0 Å². The summed E-state index contributed by atoms with van der Waals surface area (Å²) < 4.78 is 2.23. The molecule has 0 unspecified atom stereocenters. The minimum absolute atomic E-state index is 0.0150. The number of anilines is 1. The van der Waals surface area contributed by atoms with E-state index in [4.69, 9.17) is 5.73 Å². The molecule has 2 saturated carbocycles. The average molecular weight is 355 g/mol. The highest BCUT2D eigenvalue weighted by Gasteiger charge is 2.26. The Balaban J connectivity index is 1.78. The van der Waals surface area contributed by atoms with E-state index in [2.05, 4.69) is 25.9 Å². The number of nitrogens with two attached hydrogens (primary N) is 1. The Morgan fingerprint density at radius 3 is 2.62 bits per heavy atom. The predicted octanol–water partition coefficient (Wildman–Crippen LogP) is 2.12. The number of hydrogen-bond donors (Lipinski definition) is 1. The van der Waals surface area contributed by atoms with Gasteiger partial charge in [-0.05, 0) is 60.4 Å². The van der Waals surface area contributed by atoms with Crippen molar-refractivity contribution < 1.29 is 0 Å².